The summed E-state index contributed by atoms with van der Waals surface area (Å²) in [6, 6.07) is 4.81. The number of hydrogen-bond donors (Lipinski definition) is 1. The topological polar surface area (TPSA) is 21.3 Å². The highest BCUT2D eigenvalue weighted by Gasteiger charge is 2.02. The van der Waals surface area contributed by atoms with E-state index in [1.165, 1.54) is 4.88 Å². The SMILES string of the molecule is COCCNC(C)Cc1cccs1. The lowest BCUT2D eigenvalue weighted by Gasteiger charge is -2.11. The zero-order chi connectivity index (χ0) is 9.52. The van der Waals surface area contributed by atoms with E-state index in [4.69, 9.17) is 4.74 Å². The Bertz CT molecular complexity index is 211. The second-order valence-corrected chi connectivity index (χ2v) is 4.16. The van der Waals surface area contributed by atoms with Gasteiger partial charge in [-0.25, -0.2) is 0 Å². The van der Waals surface area contributed by atoms with Crippen molar-refractivity contribution in [1.29, 1.82) is 0 Å². The first kappa shape index (κ1) is 10.7. The minimum absolute atomic E-state index is 0.536. The molecule has 0 saturated carbocycles. The van der Waals surface area contributed by atoms with Crippen LogP contribution in [0.15, 0.2) is 17.5 Å². The molecule has 0 aliphatic rings. The Hall–Kier alpha value is -0.380. The maximum Gasteiger partial charge on any atom is 0.0587 e. The summed E-state index contributed by atoms with van der Waals surface area (Å²) >= 11 is 1.82. The van der Waals surface area contributed by atoms with Crippen LogP contribution < -0.4 is 5.32 Å². The van der Waals surface area contributed by atoms with Crippen molar-refractivity contribution in [3.63, 3.8) is 0 Å². The van der Waals surface area contributed by atoms with Gasteiger partial charge >= 0.3 is 0 Å². The van der Waals surface area contributed by atoms with E-state index in [0.29, 0.717) is 6.04 Å². The van der Waals surface area contributed by atoms with Crippen molar-refractivity contribution < 1.29 is 4.74 Å². The van der Waals surface area contributed by atoms with Crippen LogP contribution in [-0.4, -0.2) is 26.3 Å². The molecule has 1 atom stereocenters. The van der Waals surface area contributed by atoms with Crippen molar-refractivity contribution in [2.45, 2.75) is 19.4 Å². The fourth-order valence-electron chi connectivity index (χ4n) is 1.21. The van der Waals surface area contributed by atoms with Crippen LogP contribution in [0.5, 0.6) is 0 Å². The van der Waals surface area contributed by atoms with Gasteiger partial charge in [-0.05, 0) is 24.8 Å². The maximum absolute atomic E-state index is 4.97. The van der Waals surface area contributed by atoms with Gasteiger partial charge in [0.2, 0.25) is 0 Å². The molecule has 0 aromatic carbocycles. The van der Waals surface area contributed by atoms with Gasteiger partial charge < -0.3 is 10.1 Å². The smallest absolute Gasteiger partial charge is 0.0587 e. The van der Waals surface area contributed by atoms with Crippen LogP contribution in [0.4, 0.5) is 0 Å². The van der Waals surface area contributed by atoms with E-state index in [9.17, 15) is 0 Å². The van der Waals surface area contributed by atoms with E-state index in [0.717, 1.165) is 19.6 Å². The number of methoxy groups -OCH3 is 1. The van der Waals surface area contributed by atoms with Gasteiger partial charge in [0.25, 0.3) is 0 Å². The van der Waals surface area contributed by atoms with Gasteiger partial charge in [0, 0.05) is 24.6 Å². The first-order chi connectivity index (χ1) is 6.33. The molecule has 0 aliphatic heterocycles. The third-order valence-corrected chi connectivity index (χ3v) is 2.79. The molecular weight excluding hydrogens is 182 g/mol. The molecule has 1 unspecified atom stereocenters. The molecule has 0 bridgehead atoms. The van der Waals surface area contributed by atoms with Crippen molar-refractivity contribution in [2.75, 3.05) is 20.3 Å². The summed E-state index contributed by atoms with van der Waals surface area (Å²) in [5, 5.41) is 5.53. The summed E-state index contributed by atoms with van der Waals surface area (Å²) in [5.74, 6) is 0. The Kier molecular flexibility index (Phi) is 5.05. The van der Waals surface area contributed by atoms with Gasteiger partial charge in [0.1, 0.15) is 0 Å². The second kappa shape index (κ2) is 6.13. The maximum atomic E-state index is 4.97. The summed E-state index contributed by atoms with van der Waals surface area (Å²) < 4.78 is 4.97. The van der Waals surface area contributed by atoms with Gasteiger partial charge in [-0.1, -0.05) is 6.07 Å². The highest BCUT2D eigenvalue weighted by atomic mass is 32.1. The van der Waals surface area contributed by atoms with E-state index >= 15 is 0 Å². The van der Waals surface area contributed by atoms with Crippen LogP contribution in [0.2, 0.25) is 0 Å². The van der Waals surface area contributed by atoms with Crippen LogP contribution >= 0.6 is 11.3 Å². The number of thiophene rings is 1. The third-order valence-electron chi connectivity index (χ3n) is 1.89. The van der Waals surface area contributed by atoms with Crippen LogP contribution in [0.3, 0.4) is 0 Å². The molecule has 0 radical (unpaired) electrons. The normalized spacial score (nSPS) is 13.1. The second-order valence-electron chi connectivity index (χ2n) is 3.13. The summed E-state index contributed by atoms with van der Waals surface area (Å²) in [4.78, 5) is 1.44. The Morgan fingerprint density at radius 2 is 2.46 bits per heavy atom. The quantitative estimate of drug-likeness (QED) is 0.707. The first-order valence-corrected chi connectivity index (χ1v) is 5.45. The Morgan fingerprint density at radius 3 is 3.08 bits per heavy atom. The minimum atomic E-state index is 0.536. The Morgan fingerprint density at radius 1 is 1.62 bits per heavy atom. The Labute approximate surface area is 83.9 Å². The van der Waals surface area contributed by atoms with E-state index < -0.39 is 0 Å². The van der Waals surface area contributed by atoms with Gasteiger partial charge in [-0.2, -0.15) is 0 Å². The number of nitrogens with one attached hydrogen (secondary N) is 1. The molecule has 1 rings (SSSR count). The molecule has 13 heavy (non-hydrogen) atoms. The summed E-state index contributed by atoms with van der Waals surface area (Å²) in [6.45, 7) is 3.92. The van der Waals surface area contributed by atoms with E-state index in [1.807, 2.05) is 11.3 Å². The molecule has 1 heterocycles. The van der Waals surface area contributed by atoms with E-state index in [2.05, 4.69) is 29.8 Å². The molecule has 0 fully saturated rings. The molecule has 0 saturated heterocycles. The van der Waals surface area contributed by atoms with Crippen LogP contribution in [0, 0.1) is 0 Å². The van der Waals surface area contributed by atoms with Crippen LogP contribution in [0.1, 0.15) is 11.8 Å². The van der Waals surface area contributed by atoms with Crippen molar-refractivity contribution in [1.82, 2.24) is 5.32 Å². The van der Waals surface area contributed by atoms with Gasteiger partial charge in [0.15, 0.2) is 0 Å². The third kappa shape index (κ3) is 4.41. The predicted octanol–water partition coefficient (Wildman–Crippen LogP) is 1.92. The lowest BCUT2D eigenvalue weighted by molar-refractivity contribution is 0.196. The summed E-state index contributed by atoms with van der Waals surface area (Å²) in [6.07, 6.45) is 1.11. The van der Waals surface area contributed by atoms with Crippen molar-refractivity contribution >= 4 is 11.3 Å². The highest BCUT2D eigenvalue weighted by molar-refractivity contribution is 7.09. The zero-order valence-electron chi connectivity index (χ0n) is 8.25. The number of ether oxygens (including phenoxy) is 1. The monoisotopic (exact) mass is 199 g/mol. The van der Waals surface area contributed by atoms with E-state index in [1.54, 1.807) is 7.11 Å². The van der Waals surface area contributed by atoms with Crippen molar-refractivity contribution in [2.24, 2.45) is 0 Å². The largest absolute Gasteiger partial charge is 0.383 e. The molecule has 1 aromatic heterocycles. The standard InChI is InChI=1S/C10H17NOS/c1-9(11-5-6-12-2)8-10-4-3-7-13-10/h3-4,7,9,11H,5-6,8H2,1-2H3. The molecule has 0 spiro atoms. The Balaban J connectivity index is 2.14. The lowest BCUT2D eigenvalue weighted by atomic mass is 10.2. The molecule has 0 aliphatic carbocycles. The highest BCUT2D eigenvalue weighted by Crippen LogP contribution is 2.10. The predicted molar refractivity (Wildman–Crippen MR) is 57.4 cm³/mol. The van der Waals surface area contributed by atoms with Crippen LogP contribution in [0.25, 0.3) is 0 Å². The zero-order valence-corrected chi connectivity index (χ0v) is 9.06. The van der Waals surface area contributed by atoms with E-state index in [-0.39, 0.29) is 0 Å². The van der Waals surface area contributed by atoms with Crippen LogP contribution in [-0.2, 0) is 11.2 Å². The average molecular weight is 199 g/mol. The fraction of sp³-hybridized carbons (Fsp3) is 0.600. The molecule has 3 heteroatoms. The fourth-order valence-corrected chi connectivity index (χ4v) is 2.05. The lowest BCUT2D eigenvalue weighted by Crippen LogP contribution is -2.30. The summed E-state index contributed by atoms with van der Waals surface area (Å²) in [7, 11) is 1.73. The molecule has 2 nitrogen and oxygen atoms in total. The average Bonchev–Trinajstić information content (AvgIpc) is 2.57. The van der Waals surface area contributed by atoms with Crippen molar-refractivity contribution in [3.05, 3.63) is 22.4 Å². The van der Waals surface area contributed by atoms with Gasteiger partial charge in [0.05, 0.1) is 6.61 Å². The molecule has 74 valence electrons. The van der Waals surface area contributed by atoms with Gasteiger partial charge in [-0.15, -0.1) is 11.3 Å². The van der Waals surface area contributed by atoms with Gasteiger partial charge in [-0.3, -0.25) is 0 Å². The number of rotatable bonds is 6. The van der Waals surface area contributed by atoms with Crippen molar-refractivity contribution in [3.8, 4) is 0 Å². The molecule has 1 aromatic rings. The summed E-state index contributed by atoms with van der Waals surface area (Å²) in [5.41, 5.74) is 0. The first-order valence-electron chi connectivity index (χ1n) is 4.57. The molecule has 0 amide bonds. The minimum Gasteiger partial charge on any atom is -0.383 e. The molecule has 1 N–H and O–H groups in total. The number of hydrogen-bond acceptors (Lipinski definition) is 3. The molecular formula is C10H17NOS.